The molecule has 0 spiro atoms. The van der Waals surface area contributed by atoms with Gasteiger partial charge in [0.15, 0.2) is 5.82 Å². The first kappa shape index (κ1) is 15.0. The Hall–Kier alpha value is -1.40. The largest absolute Gasteiger partial charge is 0.377 e. The summed E-state index contributed by atoms with van der Waals surface area (Å²) in [6.07, 6.45) is 5.34. The van der Waals surface area contributed by atoms with Gasteiger partial charge in [-0.2, -0.15) is 0 Å². The predicted octanol–water partition coefficient (Wildman–Crippen LogP) is 2.15. The van der Waals surface area contributed by atoms with E-state index >= 15 is 0 Å². The topological polar surface area (TPSA) is 85.1 Å². The number of anilines is 2. The van der Waals surface area contributed by atoms with Gasteiger partial charge >= 0.3 is 0 Å². The lowest BCUT2D eigenvalue weighted by Crippen LogP contribution is -2.25. The Bertz CT molecular complexity index is 426. The SMILES string of the molecule is COCc1nc(NN)cc(NCC2CCCCC2C)n1. The minimum atomic E-state index is 0.379. The van der Waals surface area contributed by atoms with Crippen LogP contribution in [0.25, 0.3) is 0 Å². The van der Waals surface area contributed by atoms with E-state index in [1.54, 1.807) is 7.11 Å². The number of nitrogens with zero attached hydrogens (tertiary/aromatic N) is 2. The van der Waals surface area contributed by atoms with Crippen molar-refractivity contribution >= 4 is 11.6 Å². The van der Waals surface area contributed by atoms with Gasteiger partial charge in [0.2, 0.25) is 0 Å². The quantitative estimate of drug-likeness (QED) is 0.546. The van der Waals surface area contributed by atoms with Gasteiger partial charge in [-0.1, -0.05) is 26.2 Å². The molecule has 2 rings (SSSR count). The van der Waals surface area contributed by atoms with E-state index in [9.17, 15) is 0 Å². The van der Waals surface area contributed by atoms with Crippen LogP contribution in [0.4, 0.5) is 11.6 Å². The van der Waals surface area contributed by atoms with Gasteiger partial charge in [-0.15, -0.1) is 0 Å². The summed E-state index contributed by atoms with van der Waals surface area (Å²) in [5.74, 6) is 8.97. The summed E-state index contributed by atoms with van der Waals surface area (Å²) in [6, 6.07) is 1.83. The molecule has 1 saturated carbocycles. The Labute approximate surface area is 120 Å². The van der Waals surface area contributed by atoms with Crippen LogP contribution in [-0.4, -0.2) is 23.6 Å². The average Bonchev–Trinajstić information content (AvgIpc) is 2.46. The Balaban J connectivity index is 1.98. The molecule has 112 valence electrons. The summed E-state index contributed by atoms with van der Waals surface area (Å²) in [6.45, 7) is 3.67. The smallest absolute Gasteiger partial charge is 0.158 e. The van der Waals surface area contributed by atoms with Gasteiger partial charge in [-0.25, -0.2) is 15.8 Å². The molecule has 0 aliphatic heterocycles. The molecule has 6 nitrogen and oxygen atoms in total. The van der Waals surface area contributed by atoms with Gasteiger partial charge < -0.3 is 15.5 Å². The maximum absolute atomic E-state index is 5.44. The second-order valence-corrected chi connectivity index (χ2v) is 5.53. The van der Waals surface area contributed by atoms with E-state index < -0.39 is 0 Å². The van der Waals surface area contributed by atoms with Crippen LogP contribution in [0.2, 0.25) is 0 Å². The fourth-order valence-corrected chi connectivity index (χ4v) is 2.79. The lowest BCUT2D eigenvalue weighted by Gasteiger charge is -2.29. The third-order valence-corrected chi connectivity index (χ3v) is 4.03. The zero-order valence-corrected chi connectivity index (χ0v) is 12.4. The van der Waals surface area contributed by atoms with Crippen molar-refractivity contribution in [3.63, 3.8) is 0 Å². The Morgan fingerprint density at radius 3 is 2.75 bits per heavy atom. The molecule has 2 atom stereocenters. The van der Waals surface area contributed by atoms with E-state index in [2.05, 4.69) is 27.6 Å². The van der Waals surface area contributed by atoms with Crippen LogP contribution in [0.3, 0.4) is 0 Å². The first-order valence-corrected chi connectivity index (χ1v) is 7.30. The number of nitrogen functional groups attached to an aromatic ring is 1. The molecule has 0 aromatic carbocycles. The van der Waals surface area contributed by atoms with Crippen LogP contribution in [-0.2, 0) is 11.3 Å². The molecule has 1 heterocycles. The number of ether oxygens (including phenoxy) is 1. The van der Waals surface area contributed by atoms with E-state index in [-0.39, 0.29) is 0 Å². The zero-order valence-electron chi connectivity index (χ0n) is 12.4. The van der Waals surface area contributed by atoms with E-state index in [4.69, 9.17) is 10.6 Å². The molecule has 0 radical (unpaired) electrons. The molecule has 1 aliphatic carbocycles. The highest BCUT2D eigenvalue weighted by molar-refractivity contribution is 5.46. The summed E-state index contributed by atoms with van der Waals surface area (Å²) < 4.78 is 5.07. The third-order valence-electron chi connectivity index (χ3n) is 4.03. The second-order valence-electron chi connectivity index (χ2n) is 5.53. The average molecular weight is 279 g/mol. The number of nitrogens with two attached hydrogens (primary N) is 1. The van der Waals surface area contributed by atoms with Crippen molar-refractivity contribution in [1.29, 1.82) is 0 Å². The van der Waals surface area contributed by atoms with Gasteiger partial charge in [-0.05, 0) is 18.3 Å². The van der Waals surface area contributed by atoms with Crippen molar-refractivity contribution in [2.24, 2.45) is 17.7 Å². The van der Waals surface area contributed by atoms with Gasteiger partial charge in [-0.3, -0.25) is 0 Å². The molecular formula is C14H25N5O. The van der Waals surface area contributed by atoms with E-state index in [0.717, 1.165) is 24.2 Å². The Morgan fingerprint density at radius 1 is 1.30 bits per heavy atom. The first-order valence-electron chi connectivity index (χ1n) is 7.30. The van der Waals surface area contributed by atoms with Gasteiger partial charge in [0.05, 0.1) is 0 Å². The molecule has 1 fully saturated rings. The number of methoxy groups -OCH3 is 1. The molecule has 1 aliphatic rings. The summed E-state index contributed by atoms with van der Waals surface area (Å²) in [5.41, 5.74) is 2.57. The van der Waals surface area contributed by atoms with Crippen LogP contribution in [0.1, 0.15) is 38.4 Å². The molecule has 1 aromatic heterocycles. The van der Waals surface area contributed by atoms with Crippen LogP contribution in [0.5, 0.6) is 0 Å². The standard InChI is InChI=1S/C14H25N5O/c1-10-5-3-4-6-11(10)8-16-12-7-13(19-15)18-14(17-12)9-20-2/h7,10-11H,3-6,8-9,15H2,1-2H3,(H2,16,17,18,19). The fourth-order valence-electron chi connectivity index (χ4n) is 2.79. The predicted molar refractivity (Wildman–Crippen MR) is 80.2 cm³/mol. The van der Waals surface area contributed by atoms with Crippen molar-refractivity contribution in [2.75, 3.05) is 24.4 Å². The lowest BCUT2D eigenvalue weighted by molar-refractivity contribution is 0.178. The fraction of sp³-hybridized carbons (Fsp3) is 0.714. The number of nitrogens with one attached hydrogen (secondary N) is 2. The number of hydrazine groups is 1. The van der Waals surface area contributed by atoms with Crippen molar-refractivity contribution in [3.05, 3.63) is 11.9 Å². The number of aromatic nitrogens is 2. The second kappa shape index (κ2) is 7.40. The van der Waals surface area contributed by atoms with Crippen LogP contribution < -0.4 is 16.6 Å². The van der Waals surface area contributed by atoms with Crippen molar-refractivity contribution in [2.45, 2.75) is 39.2 Å². The monoisotopic (exact) mass is 279 g/mol. The maximum atomic E-state index is 5.44. The molecular weight excluding hydrogens is 254 g/mol. The van der Waals surface area contributed by atoms with E-state index in [1.165, 1.54) is 25.7 Å². The van der Waals surface area contributed by atoms with Crippen LogP contribution in [0, 0.1) is 11.8 Å². The van der Waals surface area contributed by atoms with Crippen LogP contribution >= 0.6 is 0 Å². The summed E-state index contributed by atoms with van der Waals surface area (Å²) >= 11 is 0. The van der Waals surface area contributed by atoms with E-state index in [0.29, 0.717) is 18.2 Å². The van der Waals surface area contributed by atoms with Gasteiger partial charge in [0.1, 0.15) is 18.2 Å². The minimum absolute atomic E-state index is 0.379. The van der Waals surface area contributed by atoms with Crippen molar-refractivity contribution in [1.82, 2.24) is 9.97 Å². The molecule has 0 amide bonds. The number of hydrogen-bond acceptors (Lipinski definition) is 6. The highest BCUT2D eigenvalue weighted by Gasteiger charge is 2.21. The number of hydrogen-bond donors (Lipinski definition) is 3. The summed E-state index contributed by atoms with van der Waals surface area (Å²) in [4.78, 5) is 8.68. The molecule has 2 unspecified atom stereocenters. The molecule has 0 bridgehead atoms. The molecule has 4 N–H and O–H groups in total. The number of rotatable bonds is 6. The summed E-state index contributed by atoms with van der Waals surface area (Å²) in [5, 5.41) is 3.42. The van der Waals surface area contributed by atoms with E-state index in [1.807, 2.05) is 6.07 Å². The molecule has 0 saturated heterocycles. The molecule has 20 heavy (non-hydrogen) atoms. The third kappa shape index (κ3) is 4.05. The van der Waals surface area contributed by atoms with Crippen molar-refractivity contribution < 1.29 is 4.74 Å². The van der Waals surface area contributed by atoms with Crippen LogP contribution in [0.15, 0.2) is 6.07 Å². The normalized spacial score (nSPS) is 22.6. The van der Waals surface area contributed by atoms with Gasteiger partial charge in [0, 0.05) is 19.7 Å². The molecule has 1 aromatic rings. The first-order chi connectivity index (χ1) is 9.72. The summed E-state index contributed by atoms with van der Waals surface area (Å²) in [7, 11) is 1.63. The minimum Gasteiger partial charge on any atom is -0.377 e. The Morgan fingerprint density at radius 2 is 2.05 bits per heavy atom. The Kier molecular flexibility index (Phi) is 5.55. The lowest BCUT2D eigenvalue weighted by atomic mass is 9.80. The van der Waals surface area contributed by atoms with Gasteiger partial charge in [0.25, 0.3) is 0 Å². The van der Waals surface area contributed by atoms with Crippen molar-refractivity contribution in [3.8, 4) is 0 Å². The highest BCUT2D eigenvalue weighted by atomic mass is 16.5. The zero-order chi connectivity index (χ0) is 14.4. The highest BCUT2D eigenvalue weighted by Crippen LogP contribution is 2.29. The molecule has 6 heteroatoms. The maximum Gasteiger partial charge on any atom is 0.158 e.